The summed E-state index contributed by atoms with van der Waals surface area (Å²) in [5.74, 6) is 0. The summed E-state index contributed by atoms with van der Waals surface area (Å²) in [7, 11) is 4.14. The SMILES string of the molecule is CN(C)c1cc(-c2ccc(C#N)c(-n3c4ccccc4c4ccc(C#N)cc43)c2)cc(-n2c3ccccc3c3cc(-n4c5ccccc5c5ccccc54)ccc32)c1. The van der Waals surface area contributed by atoms with Gasteiger partial charge in [0, 0.05) is 63.5 Å². The minimum Gasteiger partial charge on any atom is -0.378 e. The fourth-order valence-corrected chi connectivity index (χ4v) is 9.02. The Bertz CT molecular complexity index is 3530. The summed E-state index contributed by atoms with van der Waals surface area (Å²) in [6.45, 7) is 0. The number of benzene rings is 8. The van der Waals surface area contributed by atoms with E-state index in [1.807, 2.05) is 42.5 Å². The Labute approximate surface area is 334 Å². The summed E-state index contributed by atoms with van der Waals surface area (Å²) in [5.41, 5.74) is 13.6. The molecule has 272 valence electrons. The molecule has 11 rings (SSSR count). The third-order valence-electron chi connectivity index (χ3n) is 11.7. The number of nitrogens with zero attached hydrogens (tertiary/aromatic N) is 6. The Kier molecular flexibility index (Phi) is 7.32. The predicted molar refractivity (Wildman–Crippen MR) is 239 cm³/mol. The van der Waals surface area contributed by atoms with Crippen LogP contribution in [0, 0.1) is 22.7 Å². The van der Waals surface area contributed by atoms with Gasteiger partial charge in [0.25, 0.3) is 0 Å². The van der Waals surface area contributed by atoms with Crippen molar-refractivity contribution in [1.29, 1.82) is 10.5 Å². The second kappa shape index (κ2) is 12.7. The molecule has 6 nitrogen and oxygen atoms in total. The van der Waals surface area contributed by atoms with Crippen LogP contribution in [0.4, 0.5) is 5.69 Å². The zero-order valence-electron chi connectivity index (χ0n) is 31.8. The topological polar surface area (TPSA) is 65.6 Å². The van der Waals surface area contributed by atoms with Crippen LogP contribution in [0.1, 0.15) is 11.1 Å². The molecule has 11 aromatic rings. The van der Waals surface area contributed by atoms with Crippen molar-refractivity contribution in [2.24, 2.45) is 0 Å². The number of anilines is 1. The van der Waals surface area contributed by atoms with Crippen molar-refractivity contribution in [2.45, 2.75) is 0 Å². The molecule has 0 spiro atoms. The van der Waals surface area contributed by atoms with Crippen LogP contribution in [-0.2, 0) is 0 Å². The molecular weight excluding hydrogens is 709 g/mol. The Morgan fingerprint density at radius 1 is 0.397 bits per heavy atom. The lowest BCUT2D eigenvalue weighted by Gasteiger charge is -2.19. The van der Waals surface area contributed by atoms with E-state index in [9.17, 15) is 10.5 Å². The van der Waals surface area contributed by atoms with E-state index < -0.39 is 0 Å². The van der Waals surface area contributed by atoms with E-state index >= 15 is 0 Å². The van der Waals surface area contributed by atoms with E-state index in [4.69, 9.17) is 0 Å². The number of para-hydroxylation sites is 4. The lowest BCUT2D eigenvalue weighted by Crippen LogP contribution is -2.09. The Morgan fingerprint density at radius 2 is 0.948 bits per heavy atom. The van der Waals surface area contributed by atoms with Crippen LogP contribution in [0.3, 0.4) is 0 Å². The average molecular weight is 743 g/mol. The first-order valence-corrected chi connectivity index (χ1v) is 19.3. The smallest absolute Gasteiger partial charge is 0.101 e. The van der Waals surface area contributed by atoms with Gasteiger partial charge in [-0.3, -0.25) is 0 Å². The van der Waals surface area contributed by atoms with Gasteiger partial charge in [0.15, 0.2) is 0 Å². The average Bonchev–Trinajstić information content (AvgIpc) is 3.91. The highest BCUT2D eigenvalue weighted by Crippen LogP contribution is 2.40. The number of nitriles is 2. The molecule has 0 bridgehead atoms. The van der Waals surface area contributed by atoms with E-state index in [1.54, 1.807) is 0 Å². The van der Waals surface area contributed by atoms with Crippen LogP contribution < -0.4 is 4.90 Å². The largest absolute Gasteiger partial charge is 0.378 e. The van der Waals surface area contributed by atoms with Gasteiger partial charge < -0.3 is 18.6 Å². The first-order valence-electron chi connectivity index (χ1n) is 19.3. The maximum Gasteiger partial charge on any atom is 0.101 e. The molecule has 0 aliphatic carbocycles. The van der Waals surface area contributed by atoms with Crippen molar-refractivity contribution in [3.05, 3.63) is 181 Å². The number of rotatable bonds is 5. The molecule has 0 aliphatic rings. The molecule has 0 radical (unpaired) electrons. The summed E-state index contributed by atoms with van der Waals surface area (Å²) >= 11 is 0. The van der Waals surface area contributed by atoms with Crippen molar-refractivity contribution < 1.29 is 0 Å². The van der Waals surface area contributed by atoms with Gasteiger partial charge in [-0.15, -0.1) is 0 Å². The second-order valence-corrected chi connectivity index (χ2v) is 15.1. The molecule has 3 heterocycles. The number of fused-ring (bicyclic) bond motifs is 9. The minimum absolute atomic E-state index is 0.555. The molecule has 0 fully saturated rings. The monoisotopic (exact) mass is 742 g/mol. The molecular formula is C52H34N6. The number of hydrogen-bond acceptors (Lipinski definition) is 3. The molecule has 58 heavy (non-hydrogen) atoms. The number of aromatic nitrogens is 3. The third-order valence-corrected chi connectivity index (χ3v) is 11.7. The Morgan fingerprint density at radius 3 is 1.55 bits per heavy atom. The molecule has 0 atom stereocenters. The fraction of sp³-hybridized carbons (Fsp3) is 0.0385. The third kappa shape index (κ3) is 4.89. The van der Waals surface area contributed by atoms with Gasteiger partial charge in [-0.05, 0) is 96.1 Å². The molecule has 0 aliphatic heterocycles. The van der Waals surface area contributed by atoms with E-state index in [1.165, 1.54) is 32.6 Å². The van der Waals surface area contributed by atoms with Crippen molar-refractivity contribution in [3.8, 4) is 40.3 Å². The molecule has 0 amide bonds. The second-order valence-electron chi connectivity index (χ2n) is 15.1. The fourth-order valence-electron chi connectivity index (χ4n) is 9.02. The highest BCUT2D eigenvalue weighted by molar-refractivity contribution is 6.13. The lowest BCUT2D eigenvalue weighted by molar-refractivity contribution is 1.11. The summed E-state index contributed by atoms with van der Waals surface area (Å²) in [6.07, 6.45) is 0. The van der Waals surface area contributed by atoms with Crippen LogP contribution in [0.25, 0.3) is 93.6 Å². The molecule has 0 unspecified atom stereocenters. The van der Waals surface area contributed by atoms with Gasteiger partial charge in [0.2, 0.25) is 0 Å². The van der Waals surface area contributed by atoms with Crippen molar-refractivity contribution in [3.63, 3.8) is 0 Å². The van der Waals surface area contributed by atoms with Crippen molar-refractivity contribution in [2.75, 3.05) is 19.0 Å². The summed E-state index contributed by atoms with van der Waals surface area (Å²) in [6, 6.07) is 64.3. The highest BCUT2D eigenvalue weighted by atomic mass is 15.1. The van der Waals surface area contributed by atoms with E-state index in [0.29, 0.717) is 11.1 Å². The van der Waals surface area contributed by atoms with Gasteiger partial charge in [0.05, 0.1) is 56.0 Å². The molecule has 8 aromatic carbocycles. The maximum atomic E-state index is 10.5. The van der Waals surface area contributed by atoms with E-state index in [0.717, 1.165) is 66.7 Å². The van der Waals surface area contributed by atoms with Crippen molar-refractivity contribution >= 4 is 71.1 Å². The number of hydrogen-bond donors (Lipinski definition) is 0. The maximum absolute atomic E-state index is 10.5. The minimum atomic E-state index is 0.555. The lowest BCUT2D eigenvalue weighted by atomic mass is 10.0. The van der Waals surface area contributed by atoms with Gasteiger partial charge in [-0.2, -0.15) is 10.5 Å². The molecule has 6 heteroatoms. The highest BCUT2D eigenvalue weighted by Gasteiger charge is 2.20. The predicted octanol–water partition coefficient (Wildman–Crippen LogP) is 12.5. The van der Waals surface area contributed by atoms with Gasteiger partial charge in [0.1, 0.15) is 6.07 Å². The van der Waals surface area contributed by atoms with Crippen LogP contribution in [0.5, 0.6) is 0 Å². The normalized spacial score (nSPS) is 11.6. The Balaban J connectivity index is 1.13. The summed E-state index contributed by atoms with van der Waals surface area (Å²) in [4.78, 5) is 2.14. The van der Waals surface area contributed by atoms with Gasteiger partial charge >= 0.3 is 0 Å². The summed E-state index contributed by atoms with van der Waals surface area (Å²) < 4.78 is 6.88. The van der Waals surface area contributed by atoms with Crippen LogP contribution in [-0.4, -0.2) is 27.8 Å². The standard InChI is InChI=1S/C52H34N6/c1-55(2)38-26-36(34-20-21-35(32-54)51(28-34)58-49-18-10-5-13-42(49)44-23-19-33(31-53)25-52(44)58)27-39(29-38)57-48-17-9-6-14-43(48)45-30-37(22-24-50(45)57)56-46-15-7-3-11-40(46)41-12-4-8-16-47(41)56/h3-30H,1-2H3. The molecule has 0 saturated carbocycles. The zero-order valence-corrected chi connectivity index (χ0v) is 31.8. The molecule has 0 N–H and O–H groups in total. The first-order chi connectivity index (χ1) is 28.5. The zero-order chi connectivity index (χ0) is 39.1. The molecule has 3 aromatic heterocycles. The summed E-state index contributed by atoms with van der Waals surface area (Å²) in [5, 5.41) is 27.3. The van der Waals surface area contributed by atoms with Crippen LogP contribution >= 0.6 is 0 Å². The van der Waals surface area contributed by atoms with Crippen molar-refractivity contribution in [1.82, 2.24) is 13.7 Å². The molecule has 0 saturated heterocycles. The van der Waals surface area contributed by atoms with Gasteiger partial charge in [-0.1, -0.05) is 84.9 Å². The van der Waals surface area contributed by atoms with Gasteiger partial charge in [-0.25, -0.2) is 0 Å². The Hall–Kier alpha value is -8.06. The van der Waals surface area contributed by atoms with Crippen LogP contribution in [0.2, 0.25) is 0 Å². The van der Waals surface area contributed by atoms with Crippen LogP contribution in [0.15, 0.2) is 170 Å². The quantitative estimate of drug-likeness (QED) is 0.176. The van der Waals surface area contributed by atoms with E-state index in [-0.39, 0.29) is 0 Å². The first kappa shape index (κ1) is 33.3. The van der Waals surface area contributed by atoms with E-state index in [2.05, 4.69) is 172 Å².